The van der Waals surface area contributed by atoms with Crippen LogP contribution in [0.2, 0.25) is 0 Å². The molecule has 1 aliphatic rings. The second-order valence-corrected chi connectivity index (χ2v) is 9.83. The number of carbonyl (C=O) groups excluding carboxylic acids is 1. The maximum atomic E-state index is 13.9. The van der Waals surface area contributed by atoms with Gasteiger partial charge in [-0.25, -0.2) is 4.79 Å². The van der Waals surface area contributed by atoms with Crippen LogP contribution in [0.5, 0.6) is 5.75 Å². The van der Waals surface area contributed by atoms with Crippen molar-refractivity contribution in [1.29, 1.82) is 0 Å². The van der Waals surface area contributed by atoms with Gasteiger partial charge in [-0.15, -0.1) is 0 Å². The molecule has 0 saturated carbocycles. The molecule has 1 aliphatic heterocycles. The summed E-state index contributed by atoms with van der Waals surface area (Å²) in [7, 11) is 5.30. The van der Waals surface area contributed by atoms with Gasteiger partial charge in [0.15, 0.2) is 0 Å². The van der Waals surface area contributed by atoms with Crippen molar-refractivity contribution in [3.05, 3.63) is 66.1 Å². The molecule has 2 amide bonds. The summed E-state index contributed by atoms with van der Waals surface area (Å²) in [6.45, 7) is 3.21. The van der Waals surface area contributed by atoms with Crippen molar-refractivity contribution in [3.63, 3.8) is 0 Å². The van der Waals surface area contributed by atoms with Crippen LogP contribution in [0.4, 0.5) is 29.3 Å². The number of alkyl halides is 3. The van der Waals surface area contributed by atoms with E-state index in [-0.39, 0.29) is 17.8 Å². The molecule has 12 heteroatoms. The summed E-state index contributed by atoms with van der Waals surface area (Å²) in [5, 5.41) is 10.4. The maximum absolute atomic E-state index is 13.9. The van der Waals surface area contributed by atoms with E-state index in [4.69, 9.17) is 4.74 Å². The van der Waals surface area contributed by atoms with Crippen LogP contribution in [-0.2, 0) is 19.8 Å². The highest BCUT2D eigenvalue weighted by molar-refractivity contribution is 6.01. The average Bonchev–Trinajstić information content (AvgIpc) is 3.31. The molecule has 0 unspecified atom stereocenters. The first-order chi connectivity index (χ1) is 19.1. The maximum Gasteiger partial charge on any atom is 0.416 e. The van der Waals surface area contributed by atoms with Gasteiger partial charge in [0.1, 0.15) is 5.75 Å². The van der Waals surface area contributed by atoms with Gasteiger partial charge in [-0.3, -0.25) is 14.6 Å². The highest BCUT2D eigenvalue weighted by atomic mass is 19.4. The third-order valence-electron chi connectivity index (χ3n) is 7.10. The lowest BCUT2D eigenvalue weighted by Crippen LogP contribution is -2.44. The summed E-state index contributed by atoms with van der Waals surface area (Å²) in [4.78, 5) is 21.2. The number of ether oxygens (including phenoxy) is 1. The van der Waals surface area contributed by atoms with E-state index < -0.39 is 17.8 Å². The summed E-state index contributed by atoms with van der Waals surface area (Å²) in [5.74, 6) is 0.382. The number of pyridine rings is 1. The van der Waals surface area contributed by atoms with Gasteiger partial charge >= 0.3 is 12.2 Å². The molecule has 9 nitrogen and oxygen atoms in total. The predicted octanol–water partition coefficient (Wildman–Crippen LogP) is 5.05. The number of methoxy groups -OCH3 is 1. The molecule has 3 heterocycles. The third-order valence-corrected chi connectivity index (χ3v) is 7.10. The molecule has 0 aliphatic carbocycles. The van der Waals surface area contributed by atoms with E-state index in [1.165, 1.54) is 19.2 Å². The van der Waals surface area contributed by atoms with Crippen molar-refractivity contribution in [2.45, 2.75) is 12.7 Å². The summed E-state index contributed by atoms with van der Waals surface area (Å²) in [5.41, 5.74) is 2.33. The zero-order valence-corrected chi connectivity index (χ0v) is 22.4. The Hall–Kier alpha value is -4.16. The van der Waals surface area contributed by atoms with Crippen molar-refractivity contribution >= 4 is 28.3 Å². The Kier molecular flexibility index (Phi) is 7.63. The molecule has 1 fully saturated rings. The molecule has 4 aromatic rings. The van der Waals surface area contributed by atoms with E-state index in [1.54, 1.807) is 41.5 Å². The first-order valence-electron chi connectivity index (χ1n) is 12.8. The Balaban J connectivity index is 1.32. The lowest BCUT2D eigenvalue weighted by atomic mass is 10.0. The Morgan fingerprint density at radius 3 is 2.50 bits per heavy atom. The molecule has 210 valence electrons. The number of aromatic nitrogens is 3. The van der Waals surface area contributed by atoms with Gasteiger partial charge in [0.05, 0.1) is 36.3 Å². The zero-order valence-electron chi connectivity index (χ0n) is 22.4. The Morgan fingerprint density at radius 2 is 1.77 bits per heavy atom. The molecule has 40 heavy (non-hydrogen) atoms. The van der Waals surface area contributed by atoms with Gasteiger partial charge in [-0.05, 0) is 42.4 Å². The van der Waals surface area contributed by atoms with Crippen molar-refractivity contribution in [3.8, 4) is 16.9 Å². The number of fused-ring (bicyclic) bond motifs is 1. The van der Waals surface area contributed by atoms with Gasteiger partial charge in [-0.2, -0.15) is 18.3 Å². The van der Waals surface area contributed by atoms with Crippen LogP contribution in [0.3, 0.4) is 0 Å². The predicted molar refractivity (Wildman–Crippen MR) is 147 cm³/mol. The van der Waals surface area contributed by atoms with Gasteiger partial charge in [0.2, 0.25) is 0 Å². The van der Waals surface area contributed by atoms with Crippen molar-refractivity contribution in [2.24, 2.45) is 7.05 Å². The fourth-order valence-corrected chi connectivity index (χ4v) is 4.84. The number of aryl methyl sites for hydroxylation is 1. The minimum Gasteiger partial charge on any atom is -0.495 e. The number of carbonyl (C=O) groups is 1. The normalized spacial score (nSPS) is 14.8. The summed E-state index contributed by atoms with van der Waals surface area (Å²) >= 11 is 0. The van der Waals surface area contributed by atoms with Crippen LogP contribution in [0, 0.1) is 0 Å². The van der Waals surface area contributed by atoms with Crippen LogP contribution in [0.15, 0.2) is 55.0 Å². The molecule has 5 rings (SSSR count). The standard InChI is InChI=1S/C28H30F3N7O2/c1-36-8-10-38(11-9-36)17-19-4-6-20(13-23(19)28(29,30)31)34-27(39)35-24-7-5-18(12-26(24)40-3)21-14-32-16-25-22(21)15-33-37(25)2/h4-7,12-16H,8-11,17H2,1-3H3,(H2,34,35,39). The molecular weight excluding hydrogens is 523 g/mol. The van der Waals surface area contributed by atoms with Crippen LogP contribution >= 0.6 is 0 Å². The fraction of sp³-hybridized carbons (Fsp3) is 0.321. The Morgan fingerprint density at radius 1 is 1.00 bits per heavy atom. The van der Waals surface area contributed by atoms with Gasteiger partial charge in [0, 0.05) is 62.6 Å². The molecule has 0 bridgehead atoms. The second kappa shape index (κ2) is 11.1. The van der Waals surface area contributed by atoms with E-state index in [1.807, 2.05) is 19.0 Å². The summed E-state index contributed by atoms with van der Waals surface area (Å²) in [6.07, 6.45) is 0.655. The van der Waals surface area contributed by atoms with E-state index in [9.17, 15) is 18.0 Å². The smallest absolute Gasteiger partial charge is 0.416 e. The highest BCUT2D eigenvalue weighted by Gasteiger charge is 2.34. The minimum atomic E-state index is -4.55. The number of anilines is 2. The molecule has 1 saturated heterocycles. The highest BCUT2D eigenvalue weighted by Crippen LogP contribution is 2.36. The second-order valence-electron chi connectivity index (χ2n) is 9.83. The molecule has 2 aromatic heterocycles. The summed E-state index contributed by atoms with van der Waals surface area (Å²) in [6, 6.07) is 8.43. The number of rotatable bonds is 6. The van der Waals surface area contributed by atoms with E-state index >= 15 is 0 Å². The van der Waals surface area contributed by atoms with Gasteiger partial charge in [-0.1, -0.05) is 12.1 Å². The number of piperazine rings is 1. The fourth-order valence-electron chi connectivity index (χ4n) is 4.84. The number of amides is 2. The lowest BCUT2D eigenvalue weighted by Gasteiger charge is -2.33. The van der Waals surface area contributed by atoms with E-state index in [0.717, 1.165) is 41.2 Å². The first kappa shape index (κ1) is 27.4. The molecule has 2 N–H and O–H groups in total. The summed E-state index contributed by atoms with van der Waals surface area (Å²) < 4.78 is 49.0. The molecule has 0 spiro atoms. The van der Waals surface area contributed by atoms with E-state index in [2.05, 4.69) is 25.6 Å². The number of hydrogen-bond acceptors (Lipinski definition) is 6. The first-order valence-corrected chi connectivity index (χ1v) is 12.8. The van der Waals surface area contributed by atoms with Crippen molar-refractivity contribution in [1.82, 2.24) is 24.6 Å². The minimum absolute atomic E-state index is 0.0388. The number of nitrogens with zero attached hydrogens (tertiary/aromatic N) is 5. The molecular formula is C28H30F3N7O2. The topological polar surface area (TPSA) is 87.5 Å². The number of benzene rings is 2. The third kappa shape index (κ3) is 5.87. The average molecular weight is 554 g/mol. The number of hydrogen-bond donors (Lipinski definition) is 2. The van der Waals surface area contributed by atoms with Crippen LogP contribution < -0.4 is 15.4 Å². The monoisotopic (exact) mass is 553 g/mol. The largest absolute Gasteiger partial charge is 0.495 e. The number of likely N-dealkylation sites (N-methyl/N-ethyl adjacent to an activating group) is 1. The number of nitrogens with one attached hydrogen (secondary N) is 2. The zero-order chi connectivity index (χ0) is 28.4. The lowest BCUT2D eigenvalue weighted by molar-refractivity contribution is -0.138. The SMILES string of the molecule is COc1cc(-c2cncc3c2cnn3C)ccc1NC(=O)Nc1ccc(CN2CCN(C)CC2)c(C(F)(F)F)c1. The quantitative estimate of drug-likeness (QED) is 0.347. The van der Waals surface area contributed by atoms with Crippen molar-refractivity contribution < 1.29 is 22.7 Å². The molecule has 2 aromatic carbocycles. The Labute approximate surface area is 229 Å². The number of urea groups is 1. The Bertz CT molecular complexity index is 1530. The van der Waals surface area contributed by atoms with Crippen LogP contribution in [-0.4, -0.2) is 70.9 Å². The molecule has 0 radical (unpaired) electrons. The molecule has 0 atom stereocenters. The van der Waals surface area contributed by atoms with Gasteiger partial charge < -0.3 is 20.3 Å². The van der Waals surface area contributed by atoms with Crippen molar-refractivity contribution in [2.75, 3.05) is 51.0 Å². The van der Waals surface area contributed by atoms with Crippen LogP contribution in [0.1, 0.15) is 11.1 Å². The van der Waals surface area contributed by atoms with E-state index in [0.29, 0.717) is 24.5 Å². The van der Waals surface area contributed by atoms with Gasteiger partial charge in [0.25, 0.3) is 0 Å². The van der Waals surface area contributed by atoms with Crippen LogP contribution in [0.25, 0.3) is 22.0 Å². The number of halogens is 3.